The Morgan fingerprint density at radius 3 is 2.57 bits per heavy atom. The first kappa shape index (κ1) is 17.0. The number of carboxylic acids is 1. The Hall–Kier alpha value is -2.05. The quantitative estimate of drug-likeness (QED) is 0.685. The molecule has 2 amide bonds. The van der Waals surface area contributed by atoms with Crippen molar-refractivity contribution >= 4 is 47.1 Å². The molecule has 6 nitrogen and oxygen atoms in total. The van der Waals surface area contributed by atoms with Crippen molar-refractivity contribution in [1.29, 1.82) is 0 Å². The zero-order valence-corrected chi connectivity index (χ0v) is 12.2. The number of halogens is 2. The zero-order valence-electron chi connectivity index (χ0n) is 10.7. The first-order valence-electron chi connectivity index (χ1n) is 5.74. The van der Waals surface area contributed by atoms with Gasteiger partial charge in [0.1, 0.15) is 6.04 Å². The molecule has 8 heteroatoms. The van der Waals surface area contributed by atoms with E-state index in [1.54, 1.807) is 18.2 Å². The number of nitrogens with one attached hydrogen (secondary N) is 1. The van der Waals surface area contributed by atoms with Gasteiger partial charge in [-0.05, 0) is 29.8 Å². The normalized spacial score (nSPS) is 12.1. The molecule has 1 aromatic carbocycles. The van der Waals surface area contributed by atoms with Gasteiger partial charge in [0.2, 0.25) is 11.8 Å². The molecule has 0 aliphatic carbocycles. The molecule has 21 heavy (non-hydrogen) atoms. The molecule has 0 aromatic heterocycles. The van der Waals surface area contributed by atoms with Crippen molar-refractivity contribution in [3.8, 4) is 0 Å². The number of amides is 2. The summed E-state index contributed by atoms with van der Waals surface area (Å²) in [6, 6.07) is 3.32. The van der Waals surface area contributed by atoms with Crippen LogP contribution in [-0.4, -0.2) is 28.9 Å². The SMILES string of the molecule is NC(=O)C[C@@H](NC(=O)/C=C/c1cc(Cl)ccc1Cl)C(=O)O. The van der Waals surface area contributed by atoms with Crippen LogP contribution in [0.3, 0.4) is 0 Å². The lowest BCUT2D eigenvalue weighted by atomic mass is 10.2. The Balaban J connectivity index is 2.75. The van der Waals surface area contributed by atoms with Crippen molar-refractivity contribution in [3.63, 3.8) is 0 Å². The van der Waals surface area contributed by atoms with Gasteiger partial charge in [-0.3, -0.25) is 9.59 Å². The van der Waals surface area contributed by atoms with Gasteiger partial charge in [-0.25, -0.2) is 4.79 Å². The number of benzene rings is 1. The molecule has 4 N–H and O–H groups in total. The topological polar surface area (TPSA) is 109 Å². The predicted molar refractivity (Wildman–Crippen MR) is 78.9 cm³/mol. The molecule has 0 saturated heterocycles. The van der Waals surface area contributed by atoms with Crippen LogP contribution in [0.5, 0.6) is 0 Å². The van der Waals surface area contributed by atoms with Gasteiger partial charge in [0.15, 0.2) is 0 Å². The van der Waals surface area contributed by atoms with Crippen LogP contribution in [0.4, 0.5) is 0 Å². The number of rotatable bonds is 6. The second-order valence-corrected chi connectivity index (χ2v) is 4.91. The average Bonchev–Trinajstić information content (AvgIpc) is 2.38. The highest BCUT2D eigenvalue weighted by molar-refractivity contribution is 6.34. The third-order valence-electron chi connectivity index (χ3n) is 2.39. The van der Waals surface area contributed by atoms with Crippen LogP contribution >= 0.6 is 23.2 Å². The highest BCUT2D eigenvalue weighted by Gasteiger charge is 2.21. The van der Waals surface area contributed by atoms with Crippen LogP contribution < -0.4 is 11.1 Å². The minimum absolute atomic E-state index is 0.385. The summed E-state index contributed by atoms with van der Waals surface area (Å²) in [5.74, 6) is -2.87. The van der Waals surface area contributed by atoms with E-state index in [-0.39, 0.29) is 0 Å². The van der Waals surface area contributed by atoms with Crippen molar-refractivity contribution in [2.45, 2.75) is 12.5 Å². The summed E-state index contributed by atoms with van der Waals surface area (Å²) in [4.78, 5) is 33.2. The van der Waals surface area contributed by atoms with E-state index >= 15 is 0 Å². The second kappa shape index (κ2) is 7.66. The number of hydrogen-bond acceptors (Lipinski definition) is 3. The summed E-state index contributed by atoms with van der Waals surface area (Å²) in [6.45, 7) is 0. The summed E-state index contributed by atoms with van der Waals surface area (Å²) in [5.41, 5.74) is 5.41. The molecule has 1 aromatic rings. The van der Waals surface area contributed by atoms with Gasteiger partial charge < -0.3 is 16.2 Å². The van der Waals surface area contributed by atoms with Crippen LogP contribution in [-0.2, 0) is 14.4 Å². The van der Waals surface area contributed by atoms with Crippen molar-refractivity contribution in [2.24, 2.45) is 5.73 Å². The highest BCUT2D eigenvalue weighted by Crippen LogP contribution is 2.21. The van der Waals surface area contributed by atoms with Gasteiger partial charge in [-0.2, -0.15) is 0 Å². The number of carboxylic acid groups (broad SMARTS) is 1. The molecule has 0 aliphatic heterocycles. The molecular weight excluding hydrogens is 319 g/mol. The van der Waals surface area contributed by atoms with Crippen molar-refractivity contribution in [3.05, 3.63) is 39.9 Å². The first-order valence-corrected chi connectivity index (χ1v) is 6.50. The third kappa shape index (κ3) is 5.85. The number of aliphatic carboxylic acids is 1. The molecule has 0 spiro atoms. The van der Waals surface area contributed by atoms with E-state index in [4.69, 9.17) is 34.0 Å². The molecule has 0 unspecified atom stereocenters. The van der Waals surface area contributed by atoms with E-state index in [9.17, 15) is 14.4 Å². The fraction of sp³-hybridized carbons (Fsp3) is 0.154. The Morgan fingerprint density at radius 2 is 2.00 bits per heavy atom. The molecule has 0 aliphatic rings. The Bertz CT molecular complexity index is 602. The summed E-state index contributed by atoms with van der Waals surface area (Å²) in [7, 11) is 0. The largest absolute Gasteiger partial charge is 0.480 e. The van der Waals surface area contributed by atoms with Crippen LogP contribution in [0.1, 0.15) is 12.0 Å². The lowest BCUT2D eigenvalue weighted by molar-refractivity contribution is -0.142. The van der Waals surface area contributed by atoms with Crippen molar-refractivity contribution in [2.75, 3.05) is 0 Å². The number of nitrogens with two attached hydrogens (primary N) is 1. The van der Waals surface area contributed by atoms with E-state index in [1.807, 2.05) is 0 Å². The summed E-state index contributed by atoms with van der Waals surface area (Å²) < 4.78 is 0. The van der Waals surface area contributed by atoms with Gasteiger partial charge >= 0.3 is 5.97 Å². The summed E-state index contributed by atoms with van der Waals surface area (Å²) in [6.07, 6.45) is 1.98. The van der Waals surface area contributed by atoms with Crippen LogP contribution in [0, 0.1) is 0 Å². The van der Waals surface area contributed by atoms with E-state index in [2.05, 4.69) is 5.32 Å². The molecule has 1 atom stereocenters. The molecule has 0 saturated carbocycles. The molecule has 0 heterocycles. The molecule has 0 radical (unpaired) electrons. The van der Waals surface area contributed by atoms with Gasteiger partial charge in [-0.1, -0.05) is 23.2 Å². The minimum Gasteiger partial charge on any atom is -0.480 e. The zero-order chi connectivity index (χ0) is 16.0. The predicted octanol–water partition coefficient (Wildman–Crippen LogP) is 1.45. The van der Waals surface area contributed by atoms with Crippen molar-refractivity contribution in [1.82, 2.24) is 5.32 Å². The maximum atomic E-state index is 11.6. The van der Waals surface area contributed by atoms with E-state index in [0.29, 0.717) is 15.6 Å². The molecule has 1 rings (SSSR count). The second-order valence-electron chi connectivity index (χ2n) is 4.07. The minimum atomic E-state index is -1.38. The van der Waals surface area contributed by atoms with E-state index in [1.165, 1.54) is 6.08 Å². The highest BCUT2D eigenvalue weighted by atomic mass is 35.5. The smallest absolute Gasteiger partial charge is 0.326 e. The van der Waals surface area contributed by atoms with Crippen molar-refractivity contribution < 1.29 is 19.5 Å². The fourth-order valence-corrected chi connectivity index (χ4v) is 1.79. The van der Waals surface area contributed by atoms with Gasteiger partial charge in [-0.15, -0.1) is 0 Å². The molecule has 0 bridgehead atoms. The maximum absolute atomic E-state index is 11.6. The van der Waals surface area contributed by atoms with E-state index in [0.717, 1.165) is 6.08 Å². The van der Waals surface area contributed by atoms with Gasteiger partial charge in [0.05, 0.1) is 6.42 Å². The number of hydrogen-bond donors (Lipinski definition) is 3. The monoisotopic (exact) mass is 330 g/mol. The lowest BCUT2D eigenvalue weighted by Crippen LogP contribution is -2.42. The maximum Gasteiger partial charge on any atom is 0.326 e. The first-order chi connectivity index (χ1) is 9.79. The fourth-order valence-electron chi connectivity index (χ4n) is 1.43. The summed E-state index contributed by atoms with van der Waals surface area (Å²) >= 11 is 11.7. The molecule has 112 valence electrons. The van der Waals surface area contributed by atoms with Crippen LogP contribution in [0.15, 0.2) is 24.3 Å². The molecular formula is C13H12Cl2N2O4. The average molecular weight is 331 g/mol. The van der Waals surface area contributed by atoms with E-state index < -0.39 is 30.2 Å². The van der Waals surface area contributed by atoms with Gasteiger partial charge in [0, 0.05) is 16.1 Å². The number of carbonyl (C=O) groups excluding carboxylic acids is 2. The Morgan fingerprint density at radius 1 is 1.33 bits per heavy atom. The Kier molecular flexibility index (Phi) is 6.20. The standard InChI is InChI=1S/C13H12Cl2N2O4/c14-8-2-3-9(15)7(5-8)1-4-12(19)17-10(13(20)21)6-11(16)18/h1-5,10H,6H2,(H2,16,18)(H,17,19)(H,20,21)/b4-1+/t10-/m1/s1. The van der Waals surface area contributed by atoms with Crippen LogP contribution in [0.2, 0.25) is 10.0 Å². The molecule has 0 fully saturated rings. The van der Waals surface area contributed by atoms with Crippen LogP contribution in [0.25, 0.3) is 6.08 Å². The lowest BCUT2D eigenvalue weighted by Gasteiger charge is -2.10. The third-order valence-corrected chi connectivity index (χ3v) is 2.97. The Labute approximate surface area is 130 Å². The number of carbonyl (C=O) groups is 3. The summed E-state index contributed by atoms with van der Waals surface area (Å²) in [5, 5.41) is 11.8. The van der Waals surface area contributed by atoms with Gasteiger partial charge in [0.25, 0.3) is 0 Å². The number of primary amides is 1.